The number of Topliss-reactive ketones (excluding diaryl/α,β-unsaturated/α-hetero) is 1. The number of phenolic OH excluding ortho intramolecular Hbond substituents is 2. The predicted molar refractivity (Wildman–Crippen MR) is 120 cm³/mol. The number of benzene rings is 1. The maximum Gasteiger partial charge on any atom is 0.343 e. The van der Waals surface area contributed by atoms with E-state index >= 15 is 0 Å². The molecule has 3 rings (SSSR count). The third-order valence-corrected chi connectivity index (χ3v) is 6.30. The van der Waals surface area contributed by atoms with Crippen LogP contribution in [0.3, 0.4) is 0 Å². The molecule has 0 amide bonds. The molecule has 172 valence electrons. The zero-order valence-electron chi connectivity index (χ0n) is 19.2. The summed E-state index contributed by atoms with van der Waals surface area (Å²) in [7, 11) is 0. The van der Waals surface area contributed by atoms with Crippen molar-refractivity contribution in [2.45, 2.75) is 66.4 Å². The molecule has 1 aromatic heterocycles. The van der Waals surface area contributed by atoms with Crippen molar-refractivity contribution in [2.24, 2.45) is 5.92 Å². The van der Waals surface area contributed by atoms with E-state index in [1.54, 1.807) is 27.7 Å². The molecular weight excluding hydrogens is 412 g/mol. The van der Waals surface area contributed by atoms with Crippen molar-refractivity contribution in [3.63, 3.8) is 0 Å². The van der Waals surface area contributed by atoms with Crippen molar-refractivity contribution in [3.05, 3.63) is 56.1 Å². The van der Waals surface area contributed by atoms with Crippen molar-refractivity contribution < 1.29 is 29.3 Å². The van der Waals surface area contributed by atoms with E-state index in [2.05, 4.69) is 6.58 Å². The highest BCUT2D eigenvalue weighted by Gasteiger charge is 2.37. The van der Waals surface area contributed by atoms with Crippen molar-refractivity contribution in [1.82, 2.24) is 0 Å². The number of phenols is 2. The van der Waals surface area contributed by atoms with Gasteiger partial charge in [-0.15, -0.1) is 0 Å². The van der Waals surface area contributed by atoms with Crippen LogP contribution in [0.15, 0.2) is 21.4 Å². The van der Waals surface area contributed by atoms with E-state index in [4.69, 9.17) is 9.15 Å². The molecule has 0 fully saturated rings. The molecule has 0 radical (unpaired) electrons. The molecule has 1 aromatic carbocycles. The minimum absolute atomic E-state index is 0.0170. The first-order valence-electron chi connectivity index (χ1n) is 10.8. The fourth-order valence-corrected chi connectivity index (χ4v) is 3.98. The average Bonchev–Trinajstić information content (AvgIpc) is 3.20. The topological polar surface area (TPSA) is 117 Å². The zero-order chi connectivity index (χ0) is 23.9. The molecule has 0 saturated heterocycles. The van der Waals surface area contributed by atoms with Crippen LogP contribution < -0.4 is 10.4 Å². The van der Waals surface area contributed by atoms with Crippen LogP contribution in [0.25, 0.3) is 0 Å². The second-order valence-corrected chi connectivity index (χ2v) is 8.48. The summed E-state index contributed by atoms with van der Waals surface area (Å²) in [5, 5.41) is 32.7. The Morgan fingerprint density at radius 3 is 2.38 bits per heavy atom. The Balaban J connectivity index is 2.24. The molecule has 2 aromatic rings. The number of ketones is 1. The minimum atomic E-state index is -0.755. The summed E-state index contributed by atoms with van der Waals surface area (Å²) in [5.74, 6) is -1.16. The zero-order valence-corrected chi connectivity index (χ0v) is 19.2. The predicted octanol–water partition coefficient (Wildman–Crippen LogP) is 4.33. The highest BCUT2D eigenvalue weighted by Crippen LogP contribution is 2.49. The summed E-state index contributed by atoms with van der Waals surface area (Å²) in [6.07, 6.45) is 0.507. The number of carbonyl (C=O) groups is 1. The van der Waals surface area contributed by atoms with Crippen LogP contribution in [0.4, 0.5) is 0 Å². The Bertz CT molecular complexity index is 1160. The Morgan fingerprint density at radius 2 is 1.81 bits per heavy atom. The first-order valence-corrected chi connectivity index (χ1v) is 10.8. The molecule has 1 aliphatic heterocycles. The smallest absolute Gasteiger partial charge is 0.343 e. The van der Waals surface area contributed by atoms with Gasteiger partial charge >= 0.3 is 5.63 Å². The lowest BCUT2D eigenvalue weighted by atomic mass is 9.89. The van der Waals surface area contributed by atoms with Crippen molar-refractivity contribution >= 4 is 5.78 Å². The molecule has 7 nitrogen and oxygen atoms in total. The highest BCUT2D eigenvalue weighted by atomic mass is 16.5. The quantitative estimate of drug-likeness (QED) is 0.432. The van der Waals surface area contributed by atoms with E-state index < -0.39 is 17.5 Å². The Labute approximate surface area is 187 Å². The standard InChI is InChI=1S/C25H30O7/c1-7-12(5)20(26)19-23(29)14(22(28)15-10-18(11(3)4)31-24(15)19)9-16-21(27)13(6)17(8-2)32-25(16)30/h12,18,27-29H,3,7-10H2,1-2,4-6H3/t12-,18?/m0/s1. The van der Waals surface area contributed by atoms with Gasteiger partial charge in [-0.25, -0.2) is 4.79 Å². The van der Waals surface area contributed by atoms with Gasteiger partial charge in [0.15, 0.2) is 5.78 Å². The minimum Gasteiger partial charge on any atom is -0.507 e. The fourth-order valence-electron chi connectivity index (χ4n) is 3.98. The van der Waals surface area contributed by atoms with Crippen LogP contribution in [0.5, 0.6) is 23.0 Å². The SMILES string of the molecule is C=C(C)C1Cc2c(O)c(Cc3c(O)c(C)c(CC)oc3=O)c(O)c(C(=O)[C@@H](C)CC)c2O1. The lowest BCUT2D eigenvalue weighted by molar-refractivity contribution is 0.0919. The van der Waals surface area contributed by atoms with Crippen LogP contribution in [0.1, 0.15) is 72.5 Å². The summed E-state index contributed by atoms with van der Waals surface area (Å²) in [6, 6.07) is 0. The lowest BCUT2D eigenvalue weighted by Crippen LogP contribution is -2.16. The molecule has 2 atom stereocenters. The second kappa shape index (κ2) is 8.73. The normalized spacial score (nSPS) is 15.8. The van der Waals surface area contributed by atoms with Gasteiger partial charge < -0.3 is 24.5 Å². The third-order valence-electron chi connectivity index (χ3n) is 6.30. The average molecular weight is 443 g/mol. The molecule has 2 heterocycles. The Morgan fingerprint density at radius 1 is 1.16 bits per heavy atom. The number of fused-ring (bicyclic) bond motifs is 1. The molecule has 3 N–H and O–H groups in total. The molecule has 1 aliphatic rings. The number of hydrogen-bond acceptors (Lipinski definition) is 7. The fraction of sp³-hybridized carbons (Fsp3) is 0.440. The Kier molecular flexibility index (Phi) is 6.39. The molecular formula is C25H30O7. The van der Waals surface area contributed by atoms with Gasteiger partial charge in [-0.3, -0.25) is 4.79 Å². The number of rotatable bonds is 7. The summed E-state index contributed by atoms with van der Waals surface area (Å²) >= 11 is 0. The van der Waals surface area contributed by atoms with Crippen LogP contribution in [-0.4, -0.2) is 27.2 Å². The number of aryl methyl sites for hydroxylation is 1. The van der Waals surface area contributed by atoms with E-state index in [0.29, 0.717) is 35.3 Å². The van der Waals surface area contributed by atoms with Crippen LogP contribution in [0, 0.1) is 12.8 Å². The van der Waals surface area contributed by atoms with E-state index in [1.165, 1.54) is 0 Å². The van der Waals surface area contributed by atoms with Gasteiger partial charge in [0, 0.05) is 41.9 Å². The van der Waals surface area contributed by atoms with Crippen LogP contribution in [0.2, 0.25) is 0 Å². The van der Waals surface area contributed by atoms with Gasteiger partial charge in [0.05, 0.1) is 5.56 Å². The number of ether oxygens (including phenoxy) is 1. The van der Waals surface area contributed by atoms with E-state index in [-0.39, 0.29) is 58.5 Å². The van der Waals surface area contributed by atoms with Gasteiger partial charge in [0.2, 0.25) is 0 Å². The largest absolute Gasteiger partial charge is 0.507 e. The lowest BCUT2D eigenvalue weighted by Gasteiger charge is -2.18. The van der Waals surface area contributed by atoms with Crippen molar-refractivity contribution in [1.29, 1.82) is 0 Å². The van der Waals surface area contributed by atoms with E-state index in [0.717, 1.165) is 0 Å². The first kappa shape index (κ1) is 23.4. The van der Waals surface area contributed by atoms with Gasteiger partial charge in [-0.1, -0.05) is 27.4 Å². The monoisotopic (exact) mass is 442 g/mol. The van der Waals surface area contributed by atoms with Gasteiger partial charge in [-0.05, 0) is 25.8 Å². The highest BCUT2D eigenvalue weighted by molar-refractivity contribution is 6.04. The van der Waals surface area contributed by atoms with E-state index in [9.17, 15) is 24.9 Å². The third kappa shape index (κ3) is 3.76. The Hall–Kier alpha value is -3.22. The molecule has 0 spiro atoms. The molecule has 0 bridgehead atoms. The maximum atomic E-state index is 13.1. The van der Waals surface area contributed by atoms with Crippen LogP contribution >= 0.6 is 0 Å². The van der Waals surface area contributed by atoms with Crippen molar-refractivity contribution in [3.8, 4) is 23.0 Å². The van der Waals surface area contributed by atoms with Gasteiger partial charge in [0.1, 0.15) is 40.4 Å². The molecule has 7 heteroatoms. The summed E-state index contributed by atoms with van der Waals surface area (Å²) in [5.41, 5.74) is 0.627. The van der Waals surface area contributed by atoms with Crippen molar-refractivity contribution in [2.75, 3.05) is 0 Å². The summed E-state index contributed by atoms with van der Waals surface area (Å²) < 4.78 is 11.2. The molecule has 0 saturated carbocycles. The van der Waals surface area contributed by atoms with Gasteiger partial charge in [0.25, 0.3) is 0 Å². The molecule has 0 aliphatic carbocycles. The van der Waals surface area contributed by atoms with E-state index in [1.807, 2.05) is 6.92 Å². The number of hydrogen-bond donors (Lipinski definition) is 3. The number of aromatic hydroxyl groups is 3. The van der Waals surface area contributed by atoms with Crippen LogP contribution in [-0.2, 0) is 19.3 Å². The van der Waals surface area contributed by atoms with Gasteiger partial charge in [-0.2, -0.15) is 0 Å². The molecule has 32 heavy (non-hydrogen) atoms. The first-order chi connectivity index (χ1) is 15.0. The maximum absolute atomic E-state index is 13.1. The summed E-state index contributed by atoms with van der Waals surface area (Å²) in [4.78, 5) is 25.7. The molecule has 1 unspecified atom stereocenters. The second-order valence-electron chi connectivity index (χ2n) is 8.48. The number of carbonyl (C=O) groups excluding carboxylic acids is 1. The summed E-state index contributed by atoms with van der Waals surface area (Å²) in [6.45, 7) is 12.7.